The summed E-state index contributed by atoms with van der Waals surface area (Å²) in [5, 5.41) is 7.89. The Labute approximate surface area is 249 Å². The van der Waals surface area contributed by atoms with E-state index in [9.17, 15) is 4.79 Å². The molecule has 4 aromatic rings. The minimum Gasteiger partial charge on any atom is -0.491 e. The first kappa shape index (κ1) is 29.4. The van der Waals surface area contributed by atoms with Gasteiger partial charge in [-0.3, -0.25) is 4.90 Å². The van der Waals surface area contributed by atoms with Gasteiger partial charge in [0.25, 0.3) is 0 Å². The molecule has 1 aliphatic heterocycles. The molecule has 3 N–H and O–H groups in total. The number of rotatable bonds is 8. The summed E-state index contributed by atoms with van der Waals surface area (Å²) in [6.07, 6.45) is 0.865. The molecule has 3 aromatic carbocycles. The van der Waals surface area contributed by atoms with Gasteiger partial charge >= 0.3 is 6.03 Å². The minimum absolute atomic E-state index is 0.109. The molecule has 2 amide bonds. The van der Waals surface area contributed by atoms with Crippen LogP contribution in [0.2, 0.25) is 0 Å². The topological polar surface area (TPSA) is 85.4 Å². The number of hydrogen-bond acceptors (Lipinski definition) is 4. The number of benzene rings is 3. The number of carbonyl (C=O) groups is 1. The van der Waals surface area contributed by atoms with Crippen molar-refractivity contribution in [2.45, 2.75) is 66.5 Å². The molecule has 7 heteroatoms. The molecule has 0 radical (unpaired) electrons. The van der Waals surface area contributed by atoms with Crippen molar-refractivity contribution in [3.63, 3.8) is 0 Å². The molecule has 1 aromatic heterocycles. The maximum Gasteiger partial charge on any atom is 0.316 e. The number of hydrogen-bond donors (Lipinski definition) is 2. The van der Waals surface area contributed by atoms with E-state index in [1.807, 2.05) is 36.4 Å². The van der Waals surface area contributed by atoms with Gasteiger partial charge < -0.3 is 15.8 Å². The Morgan fingerprint density at radius 3 is 2.50 bits per heavy atom. The van der Waals surface area contributed by atoms with Gasteiger partial charge in [0, 0.05) is 42.9 Å². The first-order valence-electron chi connectivity index (χ1n) is 14.8. The normalized spacial score (nSPS) is 13.7. The number of nitrogens with one attached hydrogen (secondary N) is 1. The summed E-state index contributed by atoms with van der Waals surface area (Å²) >= 11 is 0. The average molecular weight is 566 g/mol. The number of nitrogens with zero attached hydrogens (tertiary/aromatic N) is 3. The van der Waals surface area contributed by atoms with Crippen molar-refractivity contribution in [3.05, 3.63) is 94.7 Å². The fraction of sp³-hybridized carbons (Fsp3) is 0.371. The largest absolute Gasteiger partial charge is 0.491 e. The highest BCUT2D eigenvalue weighted by Gasteiger charge is 2.28. The number of ether oxygens (including phenoxy) is 1. The highest BCUT2D eigenvalue weighted by molar-refractivity contribution is 5.88. The van der Waals surface area contributed by atoms with E-state index in [-0.39, 0.29) is 5.41 Å². The zero-order valence-corrected chi connectivity index (χ0v) is 25.7. The molecule has 220 valence electrons. The number of urea groups is 1. The average Bonchev–Trinajstić information content (AvgIpc) is 3.30. The van der Waals surface area contributed by atoms with E-state index in [1.54, 1.807) is 0 Å². The Balaban J connectivity index is 1.57. The second-order valence-corrected chi connectivity index (χ2v) is 12.8. The fourth-order valence-electron chi connectivity index (χ4n) is 5.55. The number of aromatic nitrogens is 2. The van der Waals surface area contributed by atoms with E-state index >= 15 is 0 Å². The highest BCUT2D eigenvalue weighted by atomic mass is 16.5. The summed E-state index contributed by atoms with van der Waals surface area (Å²) in [6, 6.07) is 22.4. The molecule has 7 nitrogen and oxygen atoms in total. The van der Waals surface area contributed by atoms with E-state index in [0.29, 0.717) is 18.2 Å². The number of fused-ring (bicyclic) bond motifs is 1. The van der Waals surface area contributed by atoms with Gasteiger partial charge in [-0.05, 0) is 53.1 Å². The van der Waals surface area contributed by atoms with Crippen molar-refractivity contribution < 1.29 is 9.53 Å². The molecule has 0 spiro atoms. The third-order valence-electron chi connectivity index (χ3n) is 7.72. The quantitative estimate of drug-likeness (QED) is 0.236. The highest BCUT2D eigenvalue weighted by Crippen LogP contribution is 2.37. The Kier molecular flexibility index (Phi) is 8.41. The van der Waals surface area contributed by atoms with Crippen molar-refractivity contribution in [2.24, 2.45) is 11.7 Å². The van der Waals surface area contributed by atoms with Crippen LogP contribution in [0.4, 0.5) is 10.5 Å². The van der Waals surface area contributed by atoms with Crippen molar-refractivity contribution in [3.8, 4) is 22.7 Å². The van der Waals surface area contributed by atoms with E-state index < -0.39 is 6.03 Å². The Morgan fingerprint density at radius 1 is 1.07 bits per heavy atom. The number of amides is 2. The van der Waals surface area contributed by atoms with E-state index in [1.165, 1.54) is 16.7 Å². The molecule has 0 aliphatic carbocycles. The lowest BCUT2D eigenvalue weighted by Gasteiger charge is -2.28. The van der Waals surface area contributed by atoms with Gasteiger partial charge in [0.2, 0.25) is 0 Å². The smallest absolute Gasteiger partial charge is 0.316 e. The number of primary amides is 1. The van der Waals surface area contributed by atoms with Crippen LogP contribution in [-0.4, -0.2) is 33.9 Å². The predicted molar refractivity (Wildman–Crippen MR) is 170 cm³/mol. The van der Waals surface area contributed by atoms with Crippen molar-refractivity contribution in [1.82, 2.24) is 14.7 Å². The van der Waals surface area contributed by atoms with Gasteiger partial charge in [-0.1, -0.05) is 83.1 Å². The number of carbonyl (C=O) groups excluding carboxylic acids is 1. The third-order valence-corrected chi connectivity index (χ3v) is 7.72. The van der Waals surface area contributed by atoms with E-state index in [4.69, 9.17) is 15.6 Å². The standard InChI is InChI=1S/C35H43N5O2/c1-23(2)22-42-31-12-7-9-24(3)32(31)40-33(26-13-15-28(16-14-26)37-34(36)41)29-21-39(18-17-30(29)38-40)20-25-10-8-11-27(19-25)35(4,5)6/h7-16,19,23H,17-18,20-22H2,1-6H3,(H3,36,37,41). The second-order valence-electron chi connectivity index (χ2n) is 12.8. The molecule has 0 saturated carbocycles. The van der Waals surface area contributed by atoms with Gasteiger partial charge in [-0.2, -0.15) is 5.10 Å². The molecule has 0 atom stereocenters. The van der Waals surface area contributed by atoms with Crippen LogP contribution in [0.1, 0.15) is 62.6 Å². The van der Waals surface area contributed by atoms with Gasteiger partial charge in [0.15, 0.2) is 0 Å². The lowest BCUT2D eigenvalue weighted by molar-refractivity contribution is 0.245. The molecular formula is C35H43N5O2. The van der Waals surface area contributed by atoms with Crippen LogP contribution < -0.4 is 15.8 Å². The molecule has 1 aliphatic rings. The molecule has 0 bridgehead atoms. The summed E-state index contributed by atoms with van der Waals surface area (Å²) in [4.78, 5) is 13.9. The third kappa shape index (κ3) is 6.52. The zero-order valence-electron chi connectivity index (χ0n) is 25.7. The number of nitrogens with two attached hydrogens (primary N) is 1. The summed E-state index contributed by atoms with van der Waals surface area (Å²) in [6.45, 7) is 16.4. The number of para-hydroxylation sites is 1. The van der Waals surface area contributed by atoms with Crippen LogP contribution in [-0.2, 0) is 24.9 Å². The van der Waals surface area contributed by atoms with Gasteiger partial charge in [0.05, 0.1) is 18.0 Å². The van der Waals surface area contributed by atoms with Crippen molar-refractivity contribution in [1.29, 1.82) is 0 Å². The predicted octanol–water partition coefficient (Wildman–Crippen LogP) is 7.23. The van der Waals surface area contributed by atoms with Crippen LogP contribution in [0.15, 0.2) is 66.7 Å². The van der Waals surface area contributed by atoms with E-state index in [0.717, 1.165) is 60.0 Å². The van der Waals surface area contributed by atoms with Gasteiger partial charge in [-0.15, -0.1) is 0 Å². The molecule has 0 saturated heterocycles. The van der Waals surface area contributed by atoms with Crippen LogP contribution >= 0.6 is 0 Å². The first-order valence-corrected chi connectivity index (χ1v) is 14.8. The molecule has 5 rings (SSSR count). The van der Waals surface area contributed by atoms with Gasteiger partial charge in [-0.25, -0.2) is 9.48 Å². The maximum absolute atomic E-state index is 11.4. The van der Waals surface area contributed by atoms with Crippen molar-refractivity contribution >= 4 is 11.7 Å². The Bertz CT molecular complexity index is 1560. The minimum atomic E-state index is -0.580. The summed E-state index contributed by atoms with van der Waals surface area (Å²) in [5.41, 5.74) is 15.3. The molecule has 0 fully saturated rings. The molecule has 2 heterocycles. The van der Waals surface area contributed by atoms with Crippen LogP contribution in [0, 0.1) is 12.8 Å². The summed E-state index contributed by atoms with van der Waals surface area (Å²) in [7, 11) is 0. The van der Waals surface area contributed by atoms with Crippen LogP contribution in [0.25, 0.3) is 16.9 Å². The molecular weight excluding hydrogens is 522 g/mol. The molecule has 0 unspecified atom stereocenters. The maximum atomic E-state index is 11.4. The zero-order chi connectivity index (χ0) is 30.0. The Morgan fingerprint density at radius 2 is 1.81 bits per heavy atom. The van der Waals surface area contributed by atoms with Crippen molar-refractivity contribution in [2.75, 3.05) is 18.5 Å². The Hall–Kier alpha value is -4.10. The second kappa shape index (κ2) is 12.0. The number of aryl methyl sites for hydroxylation is 1. The summed E-state index contributed by atoms with van der Waals surface area (Å²) in [5.74, 6) is 1.23. The first-order chi connectivity index (χ1) is 20.0. The lowest BCUT2D eigenvalue weighted by atomic mass is 9.86. The lowest BCUT2D eigenvalue weighted by Crippen LogP contribution is -2.30. The van der Waals surface area contributed by atoms with Crippen LogP contribution in [0.3, 0.4) is 0 Å². The van der Waals surface area contributed by atoms with Gasteiger partial charge in [0.1, 0.15) is 11.4 Å². The monoisotopic (exact) mass is 565 g/mol. The molecule has 42 heavy (non-hydrogen) atoms. The SMILES string of the molecule is Cc1cccc(OCC(C)C)c1-n1nc2c(c1-c1ccc(NC(N)=O)cc1)CN(Cc1cccc(C(C)(C)C)c1)CC2. The van der Waals surface area contributed by atoms with Crippen LogP contribution in [0.5, 0.6) is 5.75 Å². The fourth-order valence-corrected chi connectivity index (χ4v) is 5.55. The number of anilines is 1. The summed E-state index contributed by atoms with van der Waals surface area (Å²) < 4.78 is 8.40. The van der Waals surface area contributed by atoms with E-state index in [2.05, 4.69) is 86.8 Å².